The van der Waals surface area contributed by atoms with Crippen molar-refractivity contribution in [2.24, 2.45) is 0 Å². The van der Waals surface area contributed by atoms with E-state index in [4.69, 9.17) is 9.47 Å². The minimum Gasteiger partial charge on any atom is -0.447 e. The summed E-state index contributed by atoms with van der Waals surface area (Å²) in [6, 6.07) is 19.1. The van der Waals surface area contributed by atoms with E-state index in [0.717, 1.165) is 5.56 Å². The molecule has 0 radical (unpaired) electrons. The van der Waals surface area contributed by atoms with Crippen LogP contribution in [0.4, 0.5) is 21.9 Å². The quantitative estimate of drug-likeness (QED) is 0.391. The fraction of sp³-hybridized carbons (Fsp3) is 0.167. The fourth-order valence-electron chi connectivity index (χ4n) is 2.98. The van der Waals surface area contributed by atoms with Crippen LogP contribution >= 0.6 is 0 Å². The maximum Gasteiger partial charge on any atom is 0.411 e. The van der Waals surface area contributed by atoms with Gasteiger partial charge in [-0.05, 0) is 61.0 Å². The van der Waals surface area contributed by atoms with Gasteiger partial charge in [-0.1, -0.05) is 24.3 Å². The maximum absolute atomic E-state index is 12.8. The van der Waals surface area contributed by atoms with Crippen LogP contribution in [0.3, 0.4) is 0 Å². The average molecular weight is 484 g/mol. The third-order valence-electron chi connectivity index (χ3n) is 4.56. The van der Waals surface area contributed by atoms with Gasteiger partial charge in [-0.15, -0.1) is 0 Å². The summed E-state index contributed by atoms with van der Waals surface area (Å²) in [5.41, 5.74) is 2.32. The Morgan fingerprint density at radius 2 is 1.50 bits per heavy atom. The number of carbonyl (C=O) groups is 2. The van der Waals surface area contributed by atoms with Crippen LogP contribution < -0.4 is 15.4 Å². The number of ether oxygens (including phenoxy) is 2. The topological polar surface area (TPSA) is 123 Å². The van der Waals surface area contributed by atoms with Crippen LogP contribution in [-0.2, 0) is 19.5 Å². The highest BCUT2D eigenvalue weighted by Gasteiger charge is 2.17. The van der Waals surface area contributed by atoms with Gasteiger partial charge >= 0.3 is 6.09 Å². The van der Waals surface area contributed by atoms with E-state index in [1.165, 1.54) is 31.4 Å². The van der Waals surface area contributed by atoms with Crippen molar-refractivity contribution in [1.29, 1.82) is 0 Å². The molecule has 2 amide bonds. The van der Waals surface area contributed by atoms with Crippen LogP contribution in [0, 0.1) is 6.92 Å². The summed E-state index contributed by atoms with van der Waals surface area (Å²) < 4.78 is 37.8. The van der Waals surface area contributed by atoms with Crippen LogP contribution in [0.15, 0.2) is 77.7 Å². The summed E-state index contributed by atoms with van der Waals surface area (Å²) >= 11 is 0. The summed E-state index contributed by atoms with van der Waals surface area (Å²) in [6.07, 6.45) is -0.653. The first-order valence-electron chi connectivity index (χ1n) is 10.3. The lowest BCUT2D eigenvalue weighted by Crippen LogP contribution is -2.17. The lowest BCUT2D eigenvalue weighted by atomic mass is 10.2. The SMILES string of the molecule is COCCOC(=O)Nc1cccc(NC(=O)c2cccc(S(=O)(=O)Nc3cccc(C)c3)c2)c1. The number of sulfonamides is 1. The molecule has 34 heavy (non-hydrogen) atoms. The molecule has 0 spiro atoms. The minimum atomic E-state index is -3.89. The number of hydrogen-bond acceptors (Lipinski definition) is 6. The molecule has 0 unspecified atom stereocenters. The van der Waals surface area contributed by atoms with E-state index in [1.54, 1.807) is 42.5 Å². The van der Waals surface area contributed by atoms with Crippen LogP contribution in [0.5, 0.6) is 0 Å². The molecule has 178 valence electrons. The first kappa shape index (κ1) is 24.7. The second kappa shape index (κ2) is 11.3. The van der Waals surface area contributed by atoms with Crippen LogP contribution in [0.1, 0.15) is 15.9 Å². The number of aryl methyl sites for hydroxylation is 1. The van der Waals surface area contributed by atoms with Crippen molar-refractivity contribution in [3.8, 4) is 0 Å². The second-order valence-electron chi connectivity index (χ2n) is 7.29. The van der Waals surface area contributed by atoms with Gasteiger partial charge < -0.3 is 14.8 Å². The highest BCUT2D eigenvalue weighted by atomic mass is 32.2. The number of hydrogen-bond donors (Lipinski definition) is 3. The Morgan fingerprint density at radius 1 is 0.824 bits per heavy atom. The number of methoxy groups -OCH3 is 1. The molecule has 0 heterocycles. The van der Waals surface area contributed by atoms with Crippen molar-refractivity contribution in [2.45, 2.75) is 11.8 Å². The molecule has 0 saturated heterocycles. The zero-order chi connectivity index (χ0) is 24.6. The van der Waals surface area contributed by atoms with Crippen molar-refractivity contribution in [3.63, 3.8) is 0 Å². The highest BCUT2D eigenvalue weighted by molar-refractivity contribution is 7.92. The van der Waals surface area contributed by atoms with Crippen LogP contribution in [0.2, 0.25) is 0 Å². The highest BCUT2D eigenvalue weighted by Crippen LogP contribution is 2.20. The molecule has 0 atom stereocenters. The lowest BCUT2D eigenvalue weighted by molar-refractivity contribution is 0.102. The number of benzene rings is 3. The fourth-order valence-corrected chi connectivity index (χ4v) is 4.07. The van der Waals surface area contributed by atoms with Gasteiger partial charge in [0, 0.05) is 29.7 Å². The first-order chi connectivity index (χ1) is 16.3. The van der Waals surface area contributed by atoms with Crippen LogP contribution in [-0.4, -0.2) is 40.7 Å². The largest absolute Gasteiger partial charge is 0.447 e. The molecule has 0 aromatic heterocycles. The molecule has 0 bridgehead atoms. The summed E-state index contributed by atoms with van der Waals surface area (Å²) in [5, 5.41) is 5.25. The van der Waals surface area contributed by atoms with E-state index in [-0.39, 0.29) is 23.7 Å². The molecule has 3 rings (SSSR count). The Kier molecular flexibility index (Phi) is 8.23. The standard InChI is InChI=1S/C24H25N3O6S/c1-17-6-3-10-21(14-17)27-34(30,31)22-11-4-7-18(15-22)23(28)25-19-8-5-9-20(16-19)26-24(29)33-13-12-32-2/h3-11,14-16,27H,12-13H2,1-2H3,(H,25,28)(H,26,29). The van der Waals surface area contributed by atoms with E-state index in [2.05, 4.69) is 15.4 Å². The summed E-state index contributed by atoms with van der Waals surface area (Å²) in [7, 11) is -2.39. The Labute approximate surface area is 198 Å². The molecule has 0 fully saturated rings. The average Bonchev–Trinajstić information content (AvgIpc) is 2.79. The normalized spacial score (nSPS) is 10.9. The Bertz CT molecular complexity index is 1280. The number of carbonyl (C=O) groups excluding carboxylic acids is 2. The van der Waals surface area contributed by atoms with E-state index >= 15 is 0 Å². The number of nitrogens with one attached hydrogen (secondary N) is 3. The number of anilines is 3. The maximum atomic E-state index is 12.8. The molecule has 0 aliphatic heterocycles. The van der Waals surface area contributed by atoms with E-state index < -0.39 is 22.0 Å². The molecule has 3 aromatic rings. The summed E-state index contributed by atoms with van der Waals surface area (Å²) in [4.78, 5) is 24.5. The predicted molar refractivity (Wildman–Crippen MR) is 130 cm³/mol. The summed E-state index contributed by atoms with van der Waals surface area (Å²) in [5.74, 6) is -0.507. The van der Waals surface area contributed by atoms with E-state index in [9.17, 15) is 18.0 Å². The zero-order valence-electron chi connectivity index (χ0n) is 18.7. The van der Waals surface area contributed by atoms with Crippen LogP contribution in [0.25, 0.3) is 0 Å². The molecule has 0 saturated carbocycles. The molecule has 0 aliphatic carbocycles. The number of rotatable bonds is 9. The monoisotopic (exact) mass is 483 g/mol. The van der Waals surface area contributed by atoms with E-state index in [0.29, 0.717) is 17.1 Å². The third-order valence-corrected chi connectivity index (χ3v) is 5.94. The Balaban J connectivity index is 1.69. The van der Waals surface area contributed by atoms with Gasteiger partial charge in [0.1, 0.15) is 6.61 Å². The van der Waals surface area contributed by atoms with Gasteiger partial charge in [-0.2, -0.15) is 0 Å². The van der Waals surface area contributed by atoms with Gasteiger partial charge in [-0.3, -0.25) is 14.8 Å². The molecule has 0 aliphatic rings. The molecular formula is C24H25N3O6S. The van der Waals surface area contributed by atoms with Crippen molar-refractivity contribution in [3.05, 3.63) is 83.9 Å². The summed E-state index contributed by atoms with van der Waals surface area (Å²) in [6.45, 7) is 2.24. The third kappa shape index (κ3) is 7.06. The molecule has 9 nitrogen and oxygen atoms in total. The predicted octanol–water partition coefficient (Wildman–Crippen LogP) is 4.24. The second-order valence-corrected chi connectivity index (χ2v) is 8.97. The molecule has 3 N–H and O–H groups in total. The van der Waals surface area contributed by atoms with Gasteiger partial charge in [0.2, 0.25) is 0 Å². The molecule has 10 heteroatoms. The Morgan fingerprint density at radius 3 is 2.24 bits per heavy atom. The van der Waals surface area contributed by atoms with Gasteiger partial charge in [0.15, 0.2) is 0 Å². The minimum absolute atomic E-state index is 0.0455. The van der Waals surface area contributed by atoms with Crippen molar-refractivity contribution in [2.75, 3.05) is 35.7 Å². The zero-order valence-corrected chi connectivity index (χ0v) is 19.5. The van der Waals surface area contributed by atoms with Gasteiger partial charge in [0.25, 0.3) is 15.9 Å². The van der Waals surface area contributed by atoms with Gasteiger partial charge in [-0.25, -0.2) is 13.2 Å². The molecule has 3 aromatic carbocycles. The molecular weight excluding hydrogens is 458 g/mol. The first-order valence-corrected chi connectivity index (χ1v) is 11.8. The Hall–Kier alpha value is -3.89. The van der Waals surface area contributed by atoms with Crippen molar-refractivity contribution >= 4 is 39.1 Å². The van der Waals surface area contributed by atoms with Crippen molar-refractivity contribution < 1.29 is 27.5 Å². The smallest absolute Gasteiger partial charge is 0.411 e. The van der Waals surface area contributed by atoms with E-state index in [1.807, 2.05) is 13.0 Å². The number of amides is 2. The van der Waals surface area contributed by atoms with Gasteiger partial charge in [0.05, 0.1) is 11.5 Å². The van der Waals surface area contributed by atoms with Crippen molar-refractivity contribution in [1.82, 2.24) is 0 Å². The lowest BCUT2D eigenvalue weighted by Gasteiger charge is -2.11.